The van der Waals surface area contributed by atoms with Gasteiger partial charge in [-0.05, 0) is 36.1 Å². The summed E-state index contributed by atoms with van der Waals surface area (Å²) in [4.78, 5) is 23.6. The van der Waals surface area contributed by atoms with E-state index in [9.17, 15) is 9.59 Å². The van der Waals surface area contributed by atoms with E-state index in [-0.39, 0.29) is 24.8 Å². The first-order valence-electron chi connectivity index (χ1n) is 8.31. The Kier molecular flexibility index (Phi) is 7.08. The lowest BCUT2D eigenvalue weighted by Gasteiger charge is -2.07. The Morgan fingerprint density at radius 1 is 1.00 bits per heavy atom. The third-order valence-electron chi connectivity index (χ3n) is 3.69. The zero-order chi connectivity index (χ0) is 17.2. The number of rotatable bonds is 9. The number of unbranched alkanes of at least 4 members (excludes halogenated alkanes) is 1. The molecule has 5 nitrogen and oxygen atoms in total. The lowest BCUT2D eigenvalue weighted by Crippen LogP contribution is -2.37. The third-order valence-corrected chi connectivity index (χ3v) is 3.69. The standard InChI is InChI=1S/C19H24N2O3/c1-2-3-5-15-7-9-16(10-8-15)12-18(22)21-14-19(23)20-13-17-6-4-11-24-17/h4,6-11H,2-3,5,12-14H2,1H3,(H,20,23)(H,21,22). The summed E-state index contributed by atoms with van der Waals surface area (Å²) in [5.74, 6) is 0.275. The van der Waals surface area contributed by atoms with Crippen LogP contribution in [0.2, 0.25) is 0 Å². The van der Waals surface area contributed by atoms with Crippen LogP contribution in [0.1, 0.15) is 36.7 Å². The highest BCUT2D eigenvalue weighted by Crippen LogP contribution is 2.08. The molecule has 128 valence electrons. The van der Waals surface area contributed by atoms with E-state index in [1.807, 2.05) is 12.1 Å². The zero-order valence-electron chi connectivity index (χ0n) is 14.0. The molecule has 0 atom stereocenters. The van der Waals surface area contributed by atoms with Crippen molar-refractivity contribution >= 4 is 11.8 Å². The van der Waals surface area contributed by atoms with Gasteiger partial charge in [0.15, 0.2) is 0 Å². The molecule has 2 amide bonds. The molecule has 0 radical (unpaired) electrons. The van der Waals surface area contributed by atoms with Crippen LogP contribution in [0.4, 0.5) is 0 Å². The summed E-state index contributed by atoms with van der Waals surface area (Å²) in [6, 6.07) is 11.6. The van der Waals surface area contributed by atoms with Crippen LogP contribution in [0, 0.1) is 0 Å². The van der Waals surface area contributed by atoms with E-state index in [0.29, 0.717) is 12.3 Å². The molecule has 5 heteroatoms. The van der Waals surface area contributed by atoms with Crippen molar-refractivity contribution in [2.45, 2.75) is 39.2 Å². The van der Waals surface area contributed by atoms with E-state index in [2.05, 4.69) is 29.7 Å². The maximum Gasteiger partial charge on any atom is 0.239 e. The van der Waals surface area contributed by atoms with E-state index < -0.39 is 0 Å². The number of amides is 2. The second-order valence-corrected chi connectivity index (χ2v) is 5.73. The van der Waals surface area contributed by atoms with Crippen LogP contribution >= 0.6 is 0 Å². The van der Waals surface area contributed by atoms with Gasteiger partial charge in [-0.15, -0.1) is 0 Å². The molecule has 0 spiro atoms. The fraction of sp³-hybridized carbons (Fsp3) is 0.368. The Labute approximate surface area is 142 Å². The van der Waals surface area contributed by atoms with Crippen molar-refractivity contribution in [1.82, 2.24) is 10.6 Å². The molecular formula is C19H24N2O3. The number of carbonyl (C=O) groups excluding carboxylic acids is 2. The maximum absolute atomic E-state index is 11.9. The smallest absolute Gasteiger partial charge is 0.239 e. The van der Waals surface area contributed by atoms with E-state index in [4.69, 9.17) is 4.42 Å². The van der Waals surface area contributed by atoms with E-state index in [1.165, 1.54) is 18.4 Å². The quantitative estimate of drug-likeness (QED) is 0.743. The van der Waals surface area contributed by atoms with Gasteiger partial charge in [0.05, 0.1) is 25.8 Å². The van der Waals surface area contributed by atoms with Crippen LogP contribution in [-0.4, -0.2) is 18.4 Å². The molecule has 24 heavy (non-hydrogen) atoms. The average Bonchev–Trinajstić information content (AvgIpc) is 3.11. The van der Waals surface area contributed by atoms with Gasteiger partial charge >= 0.3 is 0 Å². The first-order valence-corrected chi connectivity index (χ1v) is 8.31. The van der Waals surface area contributed by atoms with Crippen molar-refractivity contribution in [3.8, 4) is 0 Å². The summed E-state index contributed by atoms with van der Waals surface area (Å²) in [6.45, 7) is 2.46. The first kappa shape index (κ1) is 17.8. The Hall–Kier alpha value is -2.56. The fourth-order valence-corrected chi connectivity index (χ4v) is 2.29. The van der Waals surface area contributed by atoms with Crippen molar-refractivity contribution in [2.24, 2.45) is 0 Å². The van der Waals surface area contributed by atoms with Crippen LogP contribution in [0.3, 0.4) is 0 Å². The van der Waals surface area contributed by atoms with Crippen LogP contribution in [0.15, 0.2) is 47.1 Å². The number of hydrogen-bond donors (Lipinski definition) is 2. The third kappa shape index (κ3) is 6.28. The van der Waals surface area contributed by atoms with E-state index >= 15 is 0 Å². The van der Waals surface area contributed by atoms with Gasteiger partial charge in [0.1, 0.15) is 5.76 Å². The predicted octanol–water partition coefficient (Wildman–Crippen LogP) is 2.60. The summed E-state index contributed by atoms with van der Waals surface area (Å²) in [5.41, 5.74) is 2.24. The van der Waals surface area contributed by atoms with Gasteiger partial charge in [-0.1, -0.05) is 37.6 Å². The topological polar surface area (TPSA) is 71.3 Å². The molecule has 1 aromatic carbocycles. The molecule has 2 aromatic rings. The first-order chi connectivity index (χ1) is 11.7. The second kappa shape index (κ2) is 9.55. The molecule has 0 aliphatic carbocycles. The van der Waals surface area contributed by atoms with Gasteiger partial charge in [-0.25, -0.2) is 0 Å². The molecular weight excluding hydrogens is 304 g/mol. The van der Waals surface area contributed by atoms with Crippen LogP contribution < -0.4 is 10.6 Å². The highest BCUT2D eigenvalue weighted by atomic mass is 16.3. The molecule has 0 unspecified atom stereocenters. The Balaban J connectivity index is 1.67. The fourth-order valence-electron chi connectivity index (χ4n) is 2.29. The minimum atomic E-state index is -0.241. The van der Waals surface area contributed by atoms with Gasteiger partial charge < -0.3 is 15.1 Å². The number of nitrogens with one attached hydrogen (secondary N) is 2. The molecule has 0 saturated carbocycles. The van der Waals surface area contributed by atoms with Crippen LogP contribution in [-0.2, 0) is 29.0 Å². The predicted molar refractivity (Wildman–Crippen MR) is 92.3 cm³/mol. The molecule has 0 saturated heterocycles. The Morgan fingerprint density at radius 3 is 2.42 bits per heavy atom. The monoisotopic (exact) mass is 328 g/mol. The SMILES string of the molecule is CCCCc1ccc(CC(=O)NCC(=O)NCc2ccco2)cc1. The molecule has 0 bridgehead atoms. The molecule has 1 heterocycles. The summed E-state index contributed by atoms with van der Waals surface area (Å²) in [6.07, 6.45) is 5.24. The van der Waals surface area contributed by atoms with E-state index in [1.54, 1.807) is 18.4 Å². The molecule has 2 rings (SSSR count). The lowest BCUT2D eigenvalue weighted by molar-refractivity contribution is -0.125. The van der Waals surface area contributed by atoms with Crippen molar-refractivity contribution in [3.05, 3.63) is 59.5 Å². The van der Waals surface area contributed by atoms with Crippen molar-refractivity contribution in [1.29, 1.82) is 0 Å². The molecule has 2 N–H and O–H groups in total. The lowest BCUT2D eigenvalue weighted by atomic mass is 10.0. The summed E-state index contributed by atoms with van der Waals surface area (Å²) in [7, 11) is 0. The Bertz CT molecular complexity index is 633. The summed E-state index contributed by atoms with van der Waals surface area (Å²) in [5, 5.41) is 5.31. The second-order valence-electron chi connectivity index (χ2n) is 5.73. The zero-order valence-corrected chi connectivity index (χ0v) is 14.0. The van der Waals surface area contributed by atoms with Crippen molar-refractivity contribution in [2.75, 3.05) is 6.54 Å². The van der Waals surface area contributed by atoms with E-state index in [0.717, 1.165) is 12.0 Å². The molecule has 0 aliphatic heterocycles. The number of carbonyl (C=O) groups is 2. The number of aryl methyl sites for hydroxylation is 1. The van der Waals surface area contributed by atoms with Gasteiger partial charge in [0.2, 0.25) is 11.8 Å². The summed E-state index contributed by atoms with van der Waals surface area (Å²) >= 11 is 0. The normalized spacial score (nSPS) is 10.4. The average molecular weight is 328 g/mol. The van der Waals surface area contributed by atoms with Gasteiger partial charge in [-0.2, -0.15) is 0 Å². The minimum absolute atomic E-state index is 0.0336. The van der Waals surface area contributed by atoms with Crippen LogP contribution in [0.25, 0.3) is 0 Å². The number of hydrogen-bond acceptors (Lipinski definition) is 3. The van der Waals surface area contributed by atoms with Crippen molar-refractivity contribution in [3.63, 3.8) is 0 Å². The highest BCUT2D eigenvalue weighted by molar-refractivity contribution is 5.85. The van der Waals surface area contributed by atoms with Gasteiger partial charge in [-0.3, -0.25) is 9.59 Å². The summed E-state index contributed by atoms with van der Waals surface area (Å²) < 4.78 is 5.12. The van der Waals surface area contributed by atoms with Gasteiger partial charge in [0.25, 0.3) is 0 Å². The van der Waals surface area contributed by atoms with Crippen molar-refractivity contribution < 1.29 is 14.0 Å². The largest absolute Gasteiger partial charge is 0.467 e. The molecule has 0 aliphatic rings. The van der Waals surface area contributed by atoms with Crippen LogP contribution in [0.5, 0.6) is 0 Å². The maximum atomic E-state index is 11.9. The minimum Gasteiger partial charge on any atom is -0.467 e. The number of benzene rings is 1. The molecule has 0 fully saturated rings. The Morgan fingerprint density at radius 2 is 1.75 bits per heavy atom. The number of furan rings is 1. The van der Waals surface area contributed by atoms with Gasteiger partial charge in [0, 0.05) is 0 Å². The molecule has 1 aromatic heterocycles. The highest BCUT2D eigenvalue weighted by Gasteiger charge is 2.07.